The third kappa shape index (κ3) is 4.42. The summed E-state index contributed by atoms with van der Waals surface area (Å²) in [5, 5.41) is 13.3. The van der Waals surface area contributed by atoms with Gasteiger partial charge in [-0.15, -0.1) is 0 Å². The Morgan fingerprint density at radius 2 is 1.89 bits per heavy atom. The standard InChI is InChI=1S/C21H28N6S/c1-6-26-12-11-19(24-26)14-25(5)21(28)22-20-16(3)23-27(17(20)4)13-18-10-8-7-9-15(18)2/h7-12H,6,13-14H2,1-5H3,(H,22,28). The molecule has 0 aliphatic rings. The van der Waals surface area contributed by atoms with Gasteiger partial charge in [-0.3, -0.25) is 9.36 Å². The molecule has 1 N–H and O–H groups in total. The van der Waals surface area contributed by atoms with Gasteiger partial charge in [-0.05, 0) is 57.1 Å². The number of nitrogens with one attached hydrogen (secondary N) is 1. The van der Waals surface area contributed by atoms with Crippen molar-refractivity contribution >= 4 is 23.0 Å². The Kier molecular flexibility index (Phi) is 6.14. The smallest absolute Gasteiger partial charge is 0.173 e. The summed E-state index contributed by atoms with van der Waals surface area (Å²) >= 11 is 5.62. The van der Waals surface area contributed by atoms with E-state index in [4.69, 9.17) is 17.3 Å². The maximum absolute atomic E-state index is 5.62. The first-order valence-corrected chi connectivity index (χ1v) is 9.92. The highest BCUT2D eigenvalue weighted by Gasteiger charge is 2.15. The van der Waals surface area contributed by atoms with Crippen molar-refractivity contribution in [2.75, 3.05) is 12.4 Å². The van der Waals surface area contributed by atoms with Crippen molar-refractivity contribution in [3.63, 3.8) is 0 Å². The zero-order valence-corrected chi connectivity index (χ0v) is 18.0. The highest BCUT2D eigenvalue weighted by Crippen LogP contribution is 2.22. The van der Waals surface area contributed by atoms with Crippen LogP contribution in [0.25, 0.3) is 0 Å². The molecule has 2 heterocycles. The molecule has 1 aromatic carbocycles. The van der Waals surface area contributed by atoms with Crippen LogP contribution in [-0.4, -0.2) is 36.6 Å². The largest absolute Gasteiger partial charge is 0.346 e. The first-order valence-electron chi connectivity index (χ1n) is 9.52. The van der Waals surface area contributed by atoms with Crippen molar-refractivity contribution in [1.82, 2.24) is 24.5 Å². The average Bonchev–Trinajstić information content (AvgIpc) is 3.23. The lowest BCUT2D eigenvalue weighted by atomic mass is 10.1. The summed E-state index contributed by atoms with van der Waals surface area (Å²) in [6, 6.07) is 10.4. The van der Waals surface area contributed by atoms with Crippen LogP contribution in [0.1, 0.15) is 35.1 Å². The van der Waals surface area contributed by atoms with Crippen LogP contribution < -0.4 is 5.32 Å². The van der Waals surface area contributed by atoms with Crippen LogP contribution in [0.3, 0.4) is 0 Å². The monoisotopic (exact) mass is 396 g/mol. The molecule has 2 aromatic heterocycles. The molecule has 7 heteroatoms. The molecule has 0 unspecified atom stereocenters. The fraction of sp³-hybridized carbons (Fsp3) is 0.381. The Morgan fingerprint density at radius 3 is 2.57 bits per heavy atom. The summed E-state index contributed by atoms with van der Waals surface area (Å²) in [5.74, 6) is 0. The van der Waals surface area contributed by atoms with Gasteiger partial charge in [0.1, 0.15) is 0 Å². The first-order chi connectivity index (χ1) is 13.4. The molecule has 0 fully saturated rings. The Morgan fingerprint density at radius 1 is 1.14 bits per heavy atom. The van der Waals surface area contributed by atoms with Gasteiger partial charge in [-0.25, -0.2) is 0 Å². The molecule has 148 valence electrons. The minimum atomic E-state index is 0.660. The van der Waals surface area contributed by atoms with Crippen LogP contribution in [0, 0.1) is 20.8 Å². The predicted molar refractivity (Wildman–Crippen MR) is 118 cm³/mol. The van der Waals surface area contributed by atoms with Crippen molar-refractivity contribution in [1.29, 1.82) is 0 Å². The molecule has 0 aliphatic carbocycles. The van der Waals surface area contributed by atoms with E-state index in [1.165, 1.54) is 11.1 Å². The Bertz CT molecular complexity index is 971. The van der Waals surface area contributed by atoms with E-state index in [2.05, 4.69) is 55.5 Å². The van der Waals surface area contributed by atoms with Gasteiger partial charge >= 0.3 is 0 Å². The number of thiocarbonyl (C=S) groups is 1. The zero-order chi connectivity index (χ0) is 20.3. The van der Waals surface area contributed by atoms with E-state index >= 15 is 0 Å². The lowest BCUT2D eigenvalue weighted by molar-refractivity contribution is 0.492. The summed E-state index contributed by atoms with van der Waals surface area (Å²) in [7, 11) is 1.97. The van der Waals surface area contributed by atoms with Gasteiger partial charge < -0.3 is 10.2 Å². The van der Waals surface area contributed by atoms with Crippen LogP contribution in [0.4, 0.5) is 5.69 Å². The van der Waals surface area contributed by atoms with E-state index in [0.29, 0.717) is 11.7 Å². The van der Waals surface area contributed by atoms with E-state index in [1.807, 2.05) is 40.5 Å². The maximum atomic E-state index is 5.62. The lowest BCUT2D eigenvalue weighted by Gasteiger charge is -2.20. The third-order valence-corrected chi connectivity index (χ3v) is 5.37. The third-order valence-electron chi connectivity index (χ3n) is 4.96. The topological polar surface area (TPSA) is 50.9 Å². The van der Waals surface area contributed by atoms with Crippen LogP contribution in [-0.2, 0) is 19.6 Å². The number of anilines is 1. The van der Waals surface area contributed by atoms with Gasteiger partial charge in [-0.2, -0.15) is 10.2 Å². The summed E-state index contributed by atoms with van der Waals surface area (Å²) in [6.07, 6.45) is 1.99. The number of hydrogen-bond donors (Lipinski definition) is 1. The molecular weight excluding hydrogens is 368 g/mol. The SMILES string of the molecule is CCn1ccc(CN(C)C(=S)Nc2c(C)nn(Cc3ccccc3C)c2C)n1. The number of benzene rings is 1. The first kappa shape index (κ1) is 20.1. The molecule has 0 aliphatic heterocycles. The summed E-state index contributed by atoms with van der Waals surface area (Å²) < 4.78 is 3.95. The number of aryl methyl sites for hydroxylation is 3. The van der Waals surface area contributed by atoms with Gasteiger partial charge in [0.15, 0.2) is 5.11 Å². The maximum Gasteiger partial charge on any atom is 0.173 e. The van der Waals surface area contributed by atoms with Gasteiger partial charge in [0.05, 0.1) is 35.9 Å². The lowest BCUT2D eigenvalue weighted by Crippen LogP contribution is -2.31. The summed E-state index contributed by atoms with van der Waals surface area (Å²) in [5.41, 5.74) is 6.53. The van der Waals surface area contributed by atoms with Crippen molar-refractivity contribution in [2.45, 2.75) is 47.3 Å². The highest BCUT2D eigenvalue weighted by atomic mass is 32.1. The van der Waals surface area contributed by atoms with Crippen LogP contribution >= 0.6 is 12.2 Å². The summed E-state index contributed by atoms with van der Waals surface area (Å²) in [6.45, 7) is 10.6. The average molecular weight is 397 g/mol. The normalized spacial score (nSPS) is 10.9. The number of nitrogens with zero attached hydrogens (tertiary/aromatic N) is 5. The number of rotatable bonds is 6. The molecule has 0 amide bonds. The van der Waals surface area contributed by atoms with Crippen molar-refractivity contribution in [2.24, 2.45) is 0 Å². The Balaban J connectivity index is 1.70. The highest BCUT2D eigenvalue weighted by molar-refractivity contribution is 7.80. The van der Waals surface area contributed by atoms with Crippen molar-refractivity contribution < 1.29 is 0 Å². The molecular formula is C21H28N6S. The molecule has 0 saturated carbocycles. The van der Waals surface area contributed by atoms with Gasteiger partial charge in [0, 0.05) is 19.8 Å². The van der Waals surface area contributed by atoms with Crippen molar-refractivity contribution in [3.05, 3.63) is 64.7 Å². The van der Waals surface area contributed by atoms with Gasteiger partial charge in [0.2, 0.25) is 0 Å². The zero-order valence-electron chi connectivity index (χ0n) is 17.2. The van der Waals surface area contributed by atoms with Crippen LogP contribution in [0.15, 0.2) is 36.5 Å². The molecule has 6 nitrogen and oxygen atoms in total. The molecule has 0 saturated heterocycles. The quantitative estimate of drug-likeness (QED) is 0.641. The number of aromatic nitrogens is 4. The molecule has 28 heavy (non-hydrogen) atoms. The van der Waals surface area contributed by atoms with Gasteiger partial charge in [0.25, 0.3) is 0 Å². The second kappa shape index (κ2) is 8.56. The van der Waals surface area contributed by atoms with E-state index in [1.54, 1.807) is 0 Å². The molecule has 0 atom stereocenters. The second-order valence-corrected chi connectivity index (χ2v) is 7.47. The molecule has 3 aromatic rings. The van der Waals surface area contributed by atoms with Crippen molar-refractivity contribution in [3.8, 4) is 0 Å². The Hall–Kier alpha value is -2.67. The molecule has 3 rings (SSSR count). The van der Waals surface area contributed by atoms with Crippen LogP contribution in [0.2, 0.25) is 0 Å². The predicted octanol–water partition coefficient (Wildman–Crippen LogP) is 3.90. The molecule has 0 bridgehead atoms. The van der Waals surface area contributed by atoms with E-state index in [9.17, 15) is 0 Å². The Labute approximate surface area is 172 Å². The van der Waals surface area contributed by atoms with E-state index in [-0.39, 0.29) is 0 Å². The summed E-state index contributed by atoms with van der Waals surface area (Å²) in [4.78, 5) is 2.00. The molecule has 0 spiro atoms. The minimum Gasteiger partial charge on any atom is -0.346 e. The van der Waals surface area contributed by atoms with Gasteiger partial charge in [-0.1, -0.05) is 24.3 Å². The van der Waals surface area contributed by atoms with E-state index < -0.39 is 0 Å². The van der Waals surface area contributed by atoms with Crippen LogP contribution in [0.5, 0.6) is 0 Å². The van der Waals surface area contributed by atoms with E-state index in [0.717, 1.165) is 35.9 Å². The second-order valence-electron chi connectivity index (χ2n) is 7.08. The minimum absolute atomic E-state index is 0.660. The fourth-order valence-electron chi connectivity index (χ4n) is 3.16. The number of hydrogen-bond acceptors (Lipinski definition) is 3. The fourth-order valence-corrected chi connectivity index (χ4v) is 3.33. The molecule has 0 radical (unpaired) electrons.